The summed E-state index contributed by atoms with van der Waals surface area (Å²) >= 11 is 5.73. The summed E-state index contributed by atoms with van der Waals surface area (Å²) in [5.41, 5.74) is 8.06. The van der Waals surface area contributed by atoms with Gasteiger partial charge in [-0.2, -0.15) is 0 Å². The summed E-state index contributed by atoms with van der Waals surface area (Å²) in [5.74, 6) is 0.586. The smallest absolute Gasteiger partial charge is 0.0529 e. The quantitative estimate of drug-likeness (QED) is 0.333. The fourth-order valence-electron chi connectivity index (χ4n) is 1.16. The van der Waals surface area contributed by atoms with Crippen LogP contribution in [0, 0.1) is 0 Å². The standard InChI is InChI=1S/C10H12ClN3OS/c11-9-3-5-10(6-4-9)16(15)8-2-1-7-13-14-12/h3-6H,1-2,7-8H2. The summed E-state index contributed by atoms with van der Waals surface area (Å²) in [4.78, 5) is 3.44. The third kappa shape index (κ3) is 4.66. The van der Waals surface area contributed by atoms with Crippen LogP contribution in [0.4, 0.5) is 0 Å². The Hall–Kier alpha value is -1.03. The first-order valence-electron chi connectivity index (χ1n) is 4.89. The lowest BCUT2D eigenvalue weighted by atomic mass is 10.3. The lowest BCUT2D eigenvalue weighted by molar-refractivity contribution is 0.678. The maximum Gasteiger partial charge on any atom is 0.0529 e. The molecule has 0 aromatic heterocycles. The Balaban J connectivity index is 2.35. The van der Waals surface area contributed by atoms with Crippen molar-refractivity contribution in [2.75, 3.05) is 12.3 Å². The Morgan fingerprint density at radius 1 is 1.31 bits per heavy atom. The van der Waals surface area contributed by atoms with Gasteiger partial charge < -0.3 is 0 Å². The average molecular weight is 258 g/mol. The van der Waals surface area contributed by atoms with Gasteiger partial charge in [0.15, 0.2) is 0 Å². The second kappa shape index (κ2) is 7.28. The van der Waals surface area contributed by atoms with E-state index >= 15 is 0 Å². The van der Waals surface area contributed by atoms with Crippen molar-refractivity contribution in [3.8, 4) is 0 Å². The van der Waals surface area contributed by atoms with E-state index in [0.717, 1.165) is 17.7 Å². The predicted octanol–water partition coefficient (Wildman–Crippen LogP) is 3.54. The molecule has 86 valence electrons. The first kappa shape index (κ1) is 13.0. The van der Waals surface area contributed by atoms with Gasteiger partial charge in [-0.15, -0.1) is 0 Å². The molecule has 0 heterocycles. The van der Waals surface area contributed by atoms with Gasteiger partial charge in [0.1, 0.15) is 0 Å². The molecule has 0 N–H and O–H groups in total. The van der Waals surface area contributed by atoms with Crippen LogP contribution in [-0.2, 0) is 10.8 Å². The van der Waals surface area contributed by atoms with E-state index in [4.69, 9.17) is 17.1 Å². The van der Waals surface area contributed by atoms with E-state index in [1.807, 2.05) is 0 Å². The molecule has 1 unspecified atom stereocenters. The van der Waals surface area contributed by atoms with Crippen LogP contribution in [0.2, 0.25) is 5.02 Å². The number of benzene rings is 1. The summed E-state index contributed by atoms with van der Waals surface area (Å²) in [6, 6.07) is 7.00. The van der Waals surface area contributed by atoms with Gasteiger partial charge in [-0.05, 0) is 42.6 Å². The zero-order valence-electron chi connectivity index (χ0n) is 8.67. The molecular formula is C10H12ClN3OS. The van der Waals surface area contributed by atoms with Crippen LogP contribution in [0.25, 0.3) is 10.4 Å². The van der Waals surface area contributed by atoms with Gasteiger partial charge in [0.05, 0.1) is 10.8 Å². The number of halogens is 1. The van der Waals surface area contributed by atoms with Gasteiger partial charge in [0.25, 0.3) is 0 Å². The highest BCUT2D eigenvalue weighted by Gasteiger charge is 2.02. The normalized spacial score (nSPS) is 11.8. The number of unbranched alkanes of at least 4 members (excludes halogenated alkanes) is 1. The predicted molar refractivity (Wildman–Crippen MR) is 66.0 cm³/mol. The minimum atomic E-state index is -0.991. The molecule has 0 saturated heterocycles. The number of azide groups is 1. The topological polar surface area (TPSA) is 65.8 Å². The summed E-state index contributed by atoms with van der Waals surface area (Å²) in [7, 11) is -0.991. The molecule has 0 aliphatic rings. The second-order valence-electron chi connectivity index (χ2n) is 3.17. The molecule has 0 bridgehead atoms. The Bertz CT molecular complexity index is 401. The van der Waals surface area contributed by atoms with Gasteiger partial charge in [-0.25, -0.2) is 0 Å². The Morgan fingerprint density at radius 2 is 2.00 bits per heavy atom. The summed E-state index contributed by atoms with van der Waals surface area (Å²) in [6.07, 6.45) is 1.55. The lowest BCUT2D eigenvalue weighted by Gasteiger charge is -2.01. The monoisotopic (exact) mass is 257 g/mol. The highest BCUT2D eigenvalue weighted by atomic mass is 35.5. The molecule has 0 aliphatic carbocycles. The minimum absolute atomic E-state index is 0.467. The molecule has 1 atom stereocenters. The van der Waals surface area contributed by atoms with Crippen molar-refractivity contribution in [2.45, 2.75) is 17.7 Å². The van der Waals surface area contributed by atoms with E-state index in [1.165, 1.54) is 0 Å². The van der Waals surface area contributed by atoms with E-state index < -0.39 is 10.8 Å². The number of hydrogen-bond donors (Lipinski definition) is 0. The first-order chi connectivity index (χ1) is 7.74. The van der Waals surface area contributed by atoms with E-state index in [9.17, 15) is 4.21 Å². The van der Waals surface area contributed by atoms with Gasteiger partial charge in [0, 0.05) is 27.1 Å². The Kier molecular flexibility index (Phi) is 5.93. The summed E-state index contributed by atoms with van der Waals surface area (Å²) in [5, 5.41) is 4.06. The number of rotatable bonds is 6. The minimum Gasteiger partial charge on any atom is -0.254 e. The molecule has 0 aliphatic heterocycles. The average Bonchev–Trinajstić information content (AvgIpc) is 2.29. The van der Waals surface area contributed by atoms with Crippen molar-refractivity contribution in [1.29, 1.82) is 0 Å². The maximum absolute atomic E-state index is 11.8. The molecule has 0 amide bonds. The largest absolute Gasteiger partial charge is 0.254 e. The van der Waals surface area contributed by atoms with Crippen LogP contribution in [0.1, 0.15) is 12.8 Å². The zero-order valence-corrected chi connectivity index (χ0v) is 10.2. The van der Waals surface area contributed by atoms with E-state index in [0.29, 0.717) is 17.3 Å². The summed E-state index contributed by atoms with van der Waals surface area (Å²) in [6.45, 7) is 0.467. The molecule has 1 aromatic rings. The van der Waals surface area contributed by atoms with E-state index in [1.54, 1.807) is 24.3 Å². The third-order valence-corrected chi connectivity index (χ3v) is 3.69. The fraction of sp³-hybridized carbons (Fsp3) is 0.400. The third-order valence-electron chi connectivity index (χ3n) is 1.98. The zero-order chi connectivity index (χ0) is 11.8. The van der Waals surface area contributed by atoms with Crippen LogP contribution >= 0.6 is 11.6 Å². The highest BCUT2D eigenvalue weighted by Crippen LogP contribution is 2.13. The van der Waals surface area contributed by atoms with Crippen LogP contribution < -0.4 is 0 Å². The maximum atomic E-state index is 11.8. The lowest BCUT2D eigenvalue weighted by Crippen LogP contribution is -1.98. The molecule has 0 radical (unpaired) electrons. The van der Waals surface area contributed by atoms with Crippen LogP contribution in [0.15, 0.2) is 34.3 Å². The molecule has 1 rings (SSSR count). The van der Waals surface area contributed by atoms with Gasteiger partial charge in [0.2, 0.25) is 0 Å². The van der Waals surface area contributed by atoms with Gasteiger partial charge in [-0.1, -0.05) is 16.7 Å². The van der Waals surface area contributed by atoms with Crippen LogP contribution in [0.5, 0.6) is 0 Å². The van der Waals surface area contributed by atoms with E-state index in [-0.39, 0.29) is 0 Å². The van der Waals surface area contributed by atoms with Gasteiger partial charge in [-0.3, -0.25) is 4.21 Å². The molecular weight excluding hydrogens is 246 g/mol. The molecule has 0 fully saturated rings. The van der Waals surface area contributed by atoms with Crippen molar-refractivity contribution in [3.63, 3.8) is 0 Å². The molecule has 0 saturated carbocycles. The van der Waals surface area contributed by atoms with Crippen molar-refractivity contribution in [1.82, 2.24) is 0 Å². The number of hydrogen-bond acceptors (Lipinski definition) is 2. The molecule has 4 nitrogen and oxygen atoms in total. The van der Waals surface area contributed by atoms with Crippen molar-refractivity contribution >= 4 is 22.4 Å². The highest BCUT2D eigenvalue weighted by molar-refractivity contribution is 7.85. The van der Waals surface area contributed by atoms with Gasteiger partial charge >= 0.3 is 0 Å². The van der Waals surface area contributed by atoms with Crippen molar-refractivity contribution in [3.05, 3.63) is 39.7 Å². The SMILES string of the molecule is [N-]=[N+]=NCCCCS(=O)c1ccc(Cl)cc1. The van der Waals surface area contributed by atoms with Crippen LogP contribution in [0.3, 0.4) is 0 Å². The van der Waals surface area contributed by atoms with E-state index in [2.05, 4.69) is 10.0 Å². The molecule has 1 aromatic carbocycles. The first-order valence-corrected chi connectivity index (χ1v) is 6.58. The van der Waals surface area contributed by atoms with Crippen LogP contribution in [-0.4, -0.2) is 16.5 Å². The van der Waals surface area contributed by atoms with Crippen molar-refractivity contribution in [2.24, 2.45) is 5.11 Å². The Morgan fingerprint density at radius 3 is 2.62 bits per heavy atom. The van der Waals surface area contributed by atoms with Crippen molar-refractivity contribution < 1.29 is 4.21 Å². The fourth-order valence-corrected chi connectivity index (χ4v) is 2.43. The molecule has 6 heteroatoms. The second-order valence-corrected chi connectivity index (χ2v) is 5.17. The number of nitrogens with zero attached hydrogens (tertiary/aromatic N) is 3. The molecule has 16 heavy (non-hydrogen) atoms. The Labute approximate surface area is 102 Å². The summed E-state index contributed by atoms with van der Waals surface area (Å²) < 4.78 is 11.8. The molecule has 0 spiro atoms.